The lowest BCUT2D eigenvalue weighted by Crippen LogP contribution is -2.53. The van der Waals surface area contributed by atoms with Crippen molar-refractivity contribution in [1.82, 2.24) is 10.2 Å². The Hall–Kier alpha value is -4.14. The van der Waals surface area contributed by atoms with Crippen LogP contribution in [0.1, 0.15) is 36.1 Å². The highest BCUT2D eigenvalue weighted by Crippen LogP contribution is 2.28. The number of hydrogen-bond acceptors (Lipinski definition) is 4. The zero-order chi connectivity index (χ0) is 32.6. The average Bonchev–Trinajstić information content (AvgIpc) is 3.02. The fourth-order valence-electron chi connectivity index (χ4n) is 4.96. The fraction of sp³-hybridized carbons (Fsp3) is 0.278. The van der Waals surface area contributed by atoms with Crippen LogP contribution in [0.5, 0.6) is 0 Å². The van der Waals surface area contributed by atoms with Crippen molar-refractivity contribution in [3.63, 3.8) is 0 Å². The SMILES string of the molecule is Cc1ccc(CN(C(=O)CN(c2ccccc2C)S(=O)(=O)c2ccc(Cl)cc2)[C@@H](Cc2ccccc2)C(=O)NCC(C)C)cc1. The molecule has 0 aliphatic heterocycles. The lowest BCUT2D eigenvalue weighted by atomic mass is 10.0. The molecule has 7 nitrogen and oxygen atoms in total. The van der Waals surface area contributed by atoms with E-state index < -0.39 is 28.5 Å². The number of halogens is 1. The molecule has 0 fully saturated rings. The van der Waals surface area contributed by atoms with Crippen molar-refractivity contribution in [3.8, 4) is 0 Å². The Bertz CT molecular complexity index is 1690. The summed E-state index contributed by atoms with van der Waals surface area (Å²) in [6.45, 7) is 7.83. The summed E-state index contributed by atoms with van der Waals surface area (Å²) in [5.41, 5.74) is 3.83. The summed E-state index contributed by atoms with van der Waals surface area (Å²) in [6.07, 6.45) is 0.261. The molecule has 0 saturated heterocycles. The molecule has 0 aliphatic carbocycles. The summed E-state index contributed by atoms with van der Waals surface area (Å²) in [4.78, 5) is 29.9. The molecule has 45 heavy (non-hydrogen) atoms. The van der Waals surface area contributed by atoms with Crippen LogP contribution in [0.4, 0.5) is 5.69 Å². The normalized spacial score (nSPS) is 12.0. The summed E-state index contributed by atoms with van der Waals surface area (Å²) in [6, 6.07) is 29.3. The number of amides is 2. The van der Waals surface area contributed by atoms with Gasteiger partial charge < -0.3 is 10.2 Å². The molecule has 4 aromatic carbocycles. The molecule has 9 heteroatoms. The van der Waals surface area contributed by atoms with Gasteiger partial charge in [-0.05, 0) is 66.8 Å². The second-order valence-electron chi connectivity index (χ2n) is 11.6. The summed E-state index contributed by atoms with van der Waals surface area (Å²) in [5.74, 6) is -0.596. The zero-order valence-electron chi connectivity index (χ0n) is 26.1. The van der Waals surface area contributed by atoms with E-state index in [1.54, 1.807) is 25.1 Å². The number of benzene rings is 4. The maximum atomic E-state index is 14.5. The molecule has 1 atom stereocenters. The Morgan fingerprint density at radius 1 is 0.800 bits per heavy atom. The number of sulfonamides is 1. The van der Waals surface area contributed by atoms with Crippen LogP contribution in [0, 0.1) is 19.8 Å². The Kier molecular flexibility index (Phi) is 11.4. The molecule has 0 saturated carbocycles. The first-order valence-electron chi connectivity index (χ1n) is 15.0. The van der Waals surface area contributed by atoms with Crippen molar-refractivity contribution in [3.05, 3.63) is 130 Å². The quantitative estimate of drug-likeness (QED) is 0.178. The highest BCUT2D eigenvalue weighted by atomic mass is 35.5. The molecular weight excluding hydrogens is 606 g/mol. The topological polar surface area (TPSA) is 86.8 Å². The van der Waals surface area contributed by atoms with Gasteiger partial charge in [0.1, 0.15) is 12.6 Å². The van der Waals surface area contributed by atoms with Crippen molar-refractivity contribution in [2.24, 2.45) is 5.92 Å². The average molecular weight is 646 g/mol. The van der Waals surface area contributed by atoms with E-state index in [-0.39, 0.29) is 29.7 Å². The van der Waals surface area contributed by atoms with Gasteiger partial charge in [0.05, 0.1) is 10.6 Å². The number of carbonyl (C=O) groups excluding carboxylic acids is 2. The fourth-order valence-corrected chi connectivity index (χ4v) is 6.56. The predicted molar refractivity (Wildman–Crippen MR) is 181 cm³/mol. The standard InChI is InChI=1S/C36H40ClN3O4S/c1-26(2)23-38-36(42)34(22-29-11-6-5-7-12-29)39(24-30-16-14-27(3)15-17-30)35(41)25-40(33-13-9-8-10-28(33)4)45(43,44)32-20-18-31(37)19-21-32/h5-21,26,34H,22-25H2,1-4H3,(H,38,42)/t34-/m0/s1. The first-order valence-corrected chi connectivity index (χ1v) is 16.8. The third-order valence-corrected chi connectivity index (χ3v) is 9.52. The second-order valence-corrected chi connectivity index (χ2v) is 13.9. The number of nitrogens with zero attached hydrogens (tertiary/aromatic N) is 2. The summed E-state index contributed by atoms with van der Waals surface area (Å²) >= 11 is 6.07. The monoisotopic (exact) mass is 645 g/mol. The van der Waals surface area contributed by atoms with E-state index in [4.69, 9.17) is 11.6 Å². The maximum Gasteiger partial charge on any atom is 0.264 e. The largest absolute Gasteiger partial charge is 0.354 e. The molecule has 236 valence electrons. The number of aryl methyl sites for hydroxylation is 2. The predicted octanol–water partition coefficient (Wildman–Crippen LogP) is 6.56. The van der Waals surface area contributed by atoms with Gasteiger partial charge in [-0.1, -0.05) is 104 Å². The highest BCUT2D eigenvalue weighted by Gasteiger charge is 2.35. The third kappa shape index (κ3) is 8.96. The molecule has 0 unspecified atom stereocenters. The summed E-state index contributed by atoms with van der Waals surface area (Å²) in [5, 5.41) is 3.41. The number of carbonyl (C=O) groups is 2. The first kappa shape index (κ1) is 33.7. The Balaban J connectivity index is 1.80. The molecule has 4 rings (SSSR count). The van der Waals surface area contributed by atoms with Crippen LogP contribution >= 0.6 is 11.6 Å². The molecule has 0 aliphatic rings. The van der Waals surface area contributed by atoms with Gasteiger partial charge in [-0.3, -0.25) is 13.9 Å². The van der Waals surface area contributed by atoms with Gasteiger partial charge >= 0.3 is 0 Å². The minimum Gasteiger partial charge on any atom is -0.354 e. The van der Waals surface area contributed by atoms with E-state index in [1.165, 1.54) is 29.2 Å². The summed E-state index contributed by atoms with van der Waals surface area (Å²) in [7, 11) is -4.20. The van der Waals surface area contributed by atoms with Crippen molar-refractivity contribution >= 4 is 39.1 Å². The number of para-hydroxylation sites is 1. The molecule has 1 N–H and O–H groups in total. The van der Waals surface area contributed by atoms with Gasteiger partial charge in [-0.15, -0.1) is 0 Å². The molecule has 0 heterocycles. The second kappa shape index (κ2) is 15.2. The number of rotatable bonds is 13. The molecule has 4 aromatic rings. The van der Waals surface area contributed by atoms with Gasteiger partial charge in [-0.25, -0.2) is 8.42 Å². The van der Waals surface area contributed by atoms with Gasteiger partial charge in [0.2, 0.25) is 11.8 Å². The smallest absolute Gasteiger partial charge is 0.264 e. The van der Waals surface area contributed by atoms with Gasteiger partial charge in [-0.2, -0.15) is 0 Å². The van der Waals surface area contributed by atoms with Crippen molar-refractivity contribution in [2.45, 2.75) is 51.6 Å². The lowest BCUT2D eigenvalue weighted by Gasteiger charge is -2.34. The molecule has 0 aromatic heterocycles. The molecular formula is C36H40ClN3O4S. The minimum absolute atomic E-state index is 0.00329. The van der Waals surface area contributed by atoms with Crippen molar-refractivity contribution in [1.29, 1.82) is 0 Å². The van der Waals surface area contributed by atoms with Gasteiger partial charge in [0.15, 0.2) is 0 Å². The summed E-state index contributed by atoms with van der Waals surface area (Å²) < 4.78 is 29.4. The van der Waals surface area contributed by atoms with Gasteiger partial charge in [0.25, 0.3) is 10.0 Å². The Morgan fingerprint density at radius 2 is 1.42 bits per heavy atom. The van der Waals surface area contributed by atoms with Crippen LogP contribution in [-0.2, 0) is 32.6 Å². The van der Waals surface area contributed by atoms with Crippen LogP contribution in [0.3, 0.4) is 0 Å². The van der Waals surface area contributed by atoms with Crippen LogP contribution in [0.25, 0.3) is 0 Å². The van der Waals surface area contributed by atoms with E-state index >= 15 is 0 Å². The molecule has 0 bridgehead atoms. The maximum absolute atomic E-state index is 14.5. The highest BCUT2D eigenvalue weighted by molar-refractivity contribution is 7.92. The lowest BCUT2D eigenvalue weighted by molar-refractivity contribution is -0.140. The minimum atomic E-state index is -4.20. The van der Waals surface area contributed by atoms with Crippen molar-refractivity contribution < 1.29 is 18.0 Å². The molecule has 0 radical (unpaired) electrons. The molecule has 2 amide bonds. The third-order valence-electron chi connectivity index (χ3n) is 7.49. The van der Waals surface area contributed by atoms with Crippen LogP contribution in [0.15, 0.2) is 108 Å². The number of nitrogens with one attached hydrogen (secondary N) is 1. The van der Waals surface area contributed by atoms with E-state index in [2.05, 4.69) is 5.32 Å². The van der Waals surface area contributed by atoms with Crippen LogP contribution in [-0.4, -0.2) is 44.3 Å². The first-order chi connectivity index (χ1) is 21.5. The van der Waals surface area contributed by atoms with Gasteiger partial charge in [0, 0.05) is 24.5 Å². The number of anilines is 1. The van der Waals surface area contributed by atoms with Crippen molar-refractivity contribution in [2.75, 3.05) is 17.4 Å². The number of hydrogen-bond donors (Lipinski definition) is 1. The van der Waals surface area contributed by atoms with E-state index in [1.807, 2.05) is 81.4 Å². The van der Waals surface area contributed by atoms with Crippen LogP contribution in [0.2, 0.25) is 5.02 Å². The Morgan fingerprint density at radius 3 is 2.04 bits per heavy atom. The molecule has 0 spiro atoms. The Labute approximate surface area is 271 Å². The van der Waals surface area contributed by atoms with E-state index in [0.29, 0.717) is 22.8 Å². The van der Waals surface area contributed by atoms with E-state index in [9.17, 15) is 18.0 Å². The van der Waals surface area contributed by atoms with Crippen LogP contribution < -0.4 is 9.62 Å². The zero-order valence-corrected chi connectivity index (χ0v) is 27.7. The van der Waals surface area contributed by atoms with E-state index in [0.717, 1.165) is 21.0 Å².